The van der Waals surface area contributed by atoms with Crippen LogP contribution < -0.4 is 5.32 Å². The largest absolute Gasteiger partial charge is 0.394 e. The quantitative estimate of drug-likeness (QED) is 0.0215. The lowest BCUT2D eigenvalue weighted by Gasteiger charge is -2.40. The van der Waals surface area contributed by atoms with Crippen molar-refractivity contribution < 1.29 is 50.0 Å². The third-order valence-corrected chi connectivity index (χ3v) is 18.0. The van der Waals surface area contributed by atoms with Crippen LogP contribution >= 0.6 is 0 Å². The number of aliphatic hydroxyl groups is 7. The molecule has 0 aliphatic carbocycles. The fraction of sp³-hybridized carbons (Fsp3) is 0.932. The normalized spacial score (nSPS) is 19.0. The predicted molar refractivity (Wildman–Crippen MR) is 353 cm³/mol. The number of carbonyl (C=O) groups excluding carboxylic acids is 1. The molecule has 1 saturated heterocycles. The van der Waals surface area contributed by atoms with Gasteiger partial charge in [0, 0.05) is 0 Å². The average molecular weight is 1190 g/mol. The molecule has 11 heteroatoms. The van der Waals surface area contributed by atoms with Gasteiger partial charge < -0.3 is 50.5 Å². The molecule has 1 amide bonds. The van der Waals surface area contributed by atoms with Gasteiger partial charge >= 0.3 is 0 Å². The molecule has 1 aliphatic rings. The van der Waals surface area contributed by atoms with E-state index in [2.05, 4.69) is 43.5 Å². The Morgan fingerprint density at radius 3 is 1.02 bits per heavy atom. The lowest BCUT2D eigenvalue weighted by molar-refractivity contribution is -0.303. The van der Waals surface area contributed by atoms with Crippen molar-refractivity contribution in [2.24, 2.45) is 0 Å². The minimum atomic E-state index is -1.67. The number of carbonyl (C=O) groups is 1. The van der Waals surface area contributed by atoms with E-state index in [0.717, 1.165) is 38.5 Å². The van der Waals surface area contributed by atoms with Gasteiger partial charge in [-0.3, -0.25) is 4.79 Å². The van der Waals surface area contributed by atoms with Gasteiger partial charge in [0.05, 0.1) is 25.4 Å². The van der Waals surface area contributed by atoms with Gasteiger partial charge in [0.2, 0.25) is 5.91 Å². The number of hydrogen-bond donors (Lipinski definition) is 8. The number of rotatable bonds is 65. The van der Waals surface area contributed by atoms with Gasteiger partial charge in [-0.25, -0.2) is 0 Å². The molecule has 0 aromatic carbocycles. The first-order chi connectivity index (χ1) is 41.2. The topological polar surface area (TPSA) is 189 Å². The fourth-order valence-electron chi connectivity index (χ4n) is 12.1. The number of ether oxygens (including phenoxy) is 2. The summed E-state index contributed by atoms with van der Waals surface area (Å²) in [6.07, 6.45) is 67.0. The molecule has 8 N–H and O–H groups in total. The highest BCUT2D eigenvalue weighted by molar-refractivity contribution is 5.80. The van der Waals surface area contributed by atoms with Gasteiger partial charge in [0.25, 0.3) is 0 Å². The van der Waals surface area contributed by atoms with Crippen LogP contribution in [0, 0.1) is 0 Å². The SMILES string of the molecule is CCCCCCCCCCCCCC/C=C\CCCCCCCCCCCCCCCC(O)C(=O)NC(COC1OC(CO)C(O)C(O)C1O)C(O)C(O)CCC/C=C/CCCCCCCCCCCCCCCCCCCCCCCCC. The van der Waals surface area contributed by atoms with E-state index in [9.17, 15) is 40.5 Å². The number of amides is 1. The molecule has 0 bridgehead atoms. The van der Waals surface area contributed by atoms with Crippen LogP contribution in [0.1, 0.15) is 367 Å². The predicted octanol–water partition coefficient (Wildman–Crippen LogP) is 18.0. The zero-order valence-electron chi connectivity index (χ0n) is 55.2. The molecule has 9 atom stereocenters. The van der Waals surface area contributed by atoms with Crippen molar-refractivity contribution in [1.82, 2.24) is 5.32 Å². The lowest BCUT2D eigenvalue weighted by atomic mass is 9.98. The summed E-state index contributed by atoms with van der Waals surface area (Å²) in [6.45, 7) is 3.51. The van der Waals surface area contributed by atoms with Gasteiger partial charge in [-0.2, -0.15) is 0 Å². The van der Waals surface area contributed by atoms with E-state index in [4.69, 9.17) is 9.47 Å². The molecule has 0 radical (unpaired) electrons. The first kappa shape index (κ1) is 80.6. The van der Waals surface area contributed by atoms with E-state index in [1.165, 1.54) is 289 Å². The van der Waals surface area contributed by atoms with Crippen molar-refractivity contribution >= 4 is 5.91 Å². The zero-order chi connectivity index (χ0) is 61.0. The van der Waals surface area contributed by atoms with Crippen LogP contribution in [0.25, 0.3) is 0 Å². The summed E-state index contributed by atoms with van der Waals surface area (Å²) in [4.78, 5) is 13.3. The van der Waals surface area contributed by atoms with Gasteiger partial charge in [-0.1, -0.05) is 327 Å². The maximum absolute atomic E-state index is 13.3. The summed E-state index contributed by atoms with van der Waals surface area (Å²) >= 11 is 0. The summed E-state index contributed by atoms with van der Waals surface area (Å²) < 4.78 is 11.2. The Balaban J connectivity index is 2.19. The van der Waals surface area contributed by atoms with E-state index >= 15 is 0 Å². The Morgan fingerprint density at radius 2 is 0.702 bits per heavy atom. The molecular formula is C73H141NO10. The van der Waals surface area contributed by atoms with E-state index in [1.807, 2.05) is 0 Å². The number of allylic oxidation sites excluding steroid dienone is 4. The maximum Gasteiger partial charge on any atom is 0.249 e. The van der Waals surface area contributed by atoms with E-state index < -0.39 is 74.2 Å². The molecular weight excluding hydrogens is 1050 g/mol. The molecule has 1 aliphatic heterocycles. The lowest BCUT2D eigenvalue weighted by Crippen LogP contribution is -2.60. The highest BCUT2D eigenvalue weighted by Crippen LogP contribution is 2.24. The third kappa shape index (κ3) is 48.5. The van der Waals surface area contributed by atoms with Crippen molar-refractivity contribution in [3.8, 4) is 0 Å². The van der Waals surface area contributed by atoms with E-state index in [-0.39, 0.29) is 12.8 Å². The molecule has 11 nitrogen and oxygen atoms in total. The number of nitrogens with one attached hydrogen (secondary N) is 1. The van der Waals surface area contributed by atoms with Gasteiger partial charge in [-0.05, 0) is 64.2 Å². The highest BCUT2D eigenvalue weighted by atomic mass is 16.7. The number of unbranched alkanes of at least 4 members (excludes halogenated alkanes) is 49. The molecule has 1 heterocycles. The molecule has 0 aromatic rings. The second-order valence-electron chi connectivity index (χ2n) is 26.0. The molecule has 1 fully saturated rings. The molecule has 84 heavy (non-hydrogen) atoms. The van der Waals surface area contributed by atoms with Crippen LogP contribution in [0.4, 0.5) is 0 Å². The monoisotopic (exact) mass is 1190 g/mol. The zero-order valence-corrected chi connectivity index (χ0v) is 55.2. The Kier molecular flexibility index (Phi) is 59.3. The smallest absolute Gasteiger partial charge is 0.249 e. The van der Waals surface area contributed by atoms with Crippen LogP contribution in [0.3, 0.4) is 0 Å². The number of aliphatic hydroxyl groups excluding tert-OH is 7. The molecule has 0 aromatic heterocycles. The first-order valence-corrected chi connectivity index (χ1v) is 36.7. The Morgan fingerprint density at radius 1 is 0.405 bits per heavy atom. The van der Waals surface area contributed by atoms with Crippen molar-refractivity contribution in [3.63, 3.8) is 0 Å². The van der Waals surface area contributed by atoms with Crippen molar-refractivity contribution in [2.75, 3.05) is 13.2 Å². The average Bonchev–Trinajstić information content (AvgIpc) is 3.66. The molecule has 0 saturated carbocycles. The van der Waals surface area contributed by atoms with Crippen LogP contribution in [-0.2, 0) is 14.3 Å². The molecule has 9 unspecified atom stereocenters. The Labute approximate surface area is 518 Å². The maximum atomic E-state index is 13.3. The Hall–Kier alpha value is -1.41. The van der Waals surface area contributed by atoms with Crippen LogP contribution in [0.2, 0.25) is 0 Å². The Bertz CT molecular complexity index is 1420. The van der Waals surface area contributed by atoms with Gasteiger partial charge in [0.15, 0.2) is 6.29 Å². The minimum Gasteiger partial charge on any atom is -0.394 e. The second kappa shape index (κ2) is 61.8. The first-order valence-electron chi connectivity index (χ1n) is 36.7. The van der Waals surface area contributed by atoms with Crippen LogP contribution in [0.5, 0.6) is 0 Å². The van der Waals surface area contributed by atoms with E-state index in [0.29, 0.717) is 12.8 Å². The second-order valence-corrected chi connectivity index (χ2v) is 26.0. The van der Waals surface area contributed by atoms with Crippen LogP contribution in [-0.4, -0.2) is 110 Å². The standard InChI is InChI=1S/C73H141NO10/c1-3-5-7-9-11-13-15-17-19-21-23-25-27-29-31-33-35-37-39-41-43-45-47-49-51-53-55-57-59-61-66(77)72(82)74-64(63-83-73-71(81)70(80)69(79)67(62-75)84-73)68(78)65(76)60-58-56-54-52-50-48-46-44-42-40-38-36-34-32-30-28-26-24-22-20-18-16-14-12-10-8-6-4-2/h29,31,52,54,64-71,73,75-81H,3-28,30,32-51,53,55-63H2,1-2H3,(H,74,82)/b31-29-,54-52+. The number of hydrogen-bond acceptors (Lipinski definition) is 10. The minimum absolute atomic E-state index is 0.256. The summed E-state index contributed by atoms with van der Waals surface area (Å²) in [6, 6.07) is -1.19. The third-order valence-electron chi connectivity index (χ3n) is 18.0. The highest BCUT2D eigenvalue weighted by Gasteiger charge is 2.44. The van der Waals surface area contributed by atoms with Crippen LogP contribution in [0.15, 0.2) is 24.3 Å². The van der Waals surface area contributed by atoms with Gasteiger partial charge in [0.1, 0.15) is 36.6 Å². The van der Waals surface area contributed by atoms with Gasteiger partial charge in [-0.15, -0.1) is 0 Å². The molecule has 0 spiro atoms. The summed E-state index contributed by atoms with van der Waals surface area (Å²) in [7, 11) is 0. The van der Waals surface area contributed by atoms with Crippen molar-refractivity contribution in [2.45, 2.75) is 422 Å². The van der Waals surface area contributed by atoms with E-state index in [1.54, 1.807) is 0 Å². The van der Waals surface area contributed by atoms with Crippen molar-refractivity contribution in [1.29, 1.82) is 0 Å². The van der Waals surface area contributed by atoms with Crippen molar-refractivity contribution in [3.05, 3.63) is 24.3 Å². The summed E-state index contributed by atoms with van der Waals surface area (Å²) in [5.41, 5.74) is 0. The molecule has 498 valence electrons. The fourth-order valence-corrected chi connectivity index (χ4v) is 12.1. The molecule has 1 rings (SSSR count). The summed E-state index contributed by atoms with van der Waals surface area (Å²) in [5.74, 6) is -0.700. The summed E-state index contributed by atoms with van der Waals surface area (Å²) in [5, 5.41) is 76.6.